The Balaban J connectivity index is 1.86. The van der Waals surface area contributed by atoms with Crippen LogP contribution in [0.3, 0.4) is 0 Å². The molecular formula is C7H12N4S. The SMILES string of the molecule is c1nnsc1NC1CCCNC1. The quantitative estimate of drug-likeness (QED) is 0.710. The number of aromatic nitrogens is 2. The molecule has 1 fully saturated rings. The fourth-order valence-corrected chi connectivity index (χ4v) is 1.90. The second kappa shape index (κ2) is 3.82. The molecule has 0 spiro atoms. The first kappa shape index (κ1) is 7.94. The summed E-state index contributed by atoms with van der Waals surface area (Å²) in [5.41, 5.74) is 0. The largest absolute Gasteiger partial charge is 0.370 e. The number of nitrogens with one attached hydrogen (secondary N) is 2. The number of hydrogen-bond acceptors (Lipinski definition) is 5. The molecule has 2 heterocycles. The van der Waals surface area contributed by atoms with Crippen molar-refractivity contribution in [3.63, 3.8) is 0 Å². The first-order valence-electron chi connectivity index (χ1n) is 4.20. The summed E-state index contributed by atoms with van der Waals surface area (Å²) in [7, 11) is 0. The third-order valence-electron chi connectivity index (χ3n) is 2.00. The van der Waals surface area contributed by atoms with Gasteiger partial charge in [0.2, 0.25) is 0 Å². The van der Waals surface area contributed by atoms with E-state index in [1.807, 2.05) is 0 Å². The lowest BCUT2D eigenvalue weighted by molar-refractivity contribution is 0.480. The highest BCUT2D eigenvalue weighted by molar-refractivity contribution is 7.09. The predicted molar refractivity (Wildman–Crippen MR) is 49.4 cm³/mol. The molecule has 4 nitrogen and oxygen atoms in total. The van der Waals surface area contributed by atoms with Gasteiger partial charge in [-0.25, -0.2) is 0 Å². The van der Waals surface area contributed by atoms with Gasteiger partial charge in [0.25, 0.3) is 0 Å². The third kappa shape index (κ3) is 1.92. The highest BCUT2D eigenvalue weighted by Crippen LogP contribution is 2.13. The van der Waals surface area contributed by atoms with Gasteiger partial charge in [-0.05, 0) is 19.4 Å². The normalized spacial score (nSPS) is 23.8. The average molecular weight is 184 g/mol. The maximum absolute atomic E-state index is 3.80. The molecule has 0 bridgehead atoms. The van der Waals surface area contributed by atoms with Crippen molar-refractivity contribution in [2.45, 2.75) is 18.9 Å². The van der Waals surface area contributed by atoms with Gasteiger partial charge < -0.3 is 10.6 Å². The standard InChI is InChI=1S/C7H12N4S/c1-2-6(4-8-3-1)10-7-5-9-11-12-7/h5-6,8,10H,1-4H2. The van der Waals surface area contributed by atoms with Gasteiger partial charge in [-0.1, -0.05) is 4.49 Å². The highest BCUT2D eigenvalue weighted by atomic mass is 32.1. The lowest BCUT2D eigenvalue weighted by Gasteiger charge is -2.23. The minimum atomic E-state index is 0.556. The Bertz CT molecular complexity index is 217. The van der Waals surface area contributed by atoms with Gasteiger partial charge in [0.15, 0.2) is 0 Å². The monoisotopic (exact) mass is 184 g/mol. The summed E-state index contributed by atoms with van der Waals surface area (Å²) in [6, 6.07) is 0.556. The second-order valence-corrected chi connectivity index (χ2v) is 3.76. The molecule has 1 aliphatic rings. The van der Waals surface area contributed by atoms with Crippen LogP contribution in [0.15, 0.2) is 6.20 Å². The van der Waals surface area contributed by atoms with Crippen molar-refractivity contribution in [1.82, 2.24) is 14.9 Å². The number of rotatable bonds is 2. The molecule has 0 radical (unpaired) electrons. The van der Waals surface area contributed by atoms with Crippen LogP contribution < -0.4 is 10.6 Å². The van der Waals surface area contributed by atoms with E-state index in [0.29, 0.717) is 6.04 Å². The molecule has 5 heteroatoms. The summed E-state index contributed by atoms with van der Waals surface area (Å²) in [6.45, 7) is 2.21. The van der Waals surface area contributed by atoms with E-state index >= 15 is 0 Å². The summed E-state index contributed by atoms with van der Waals surface area (Å²) in [5.74, 6) is 0. The van der Waals surface area contributed by atoms with E-state index in [2.05, 4.69) is 20.2 Å². The van der Waals surface area contributed by atoms with E-state index in [4.69, 9.17) is 0 Å². The number of nitrogens with zero attached hydrogens (tertiary/aromatic N) is 2. The Labute approximate surface area is 75.5 Å². The van der Waals surface area contributed by atoms with E-state index in [1.54, 1.807) is 6.20 Å². The van der Waals surface area contributed by atoms with Crippen molar-refractivity contribution in [3.05, 3.63) is 6.20 Å². The Kier molecular flexibility index (Phi) is 2.53. The van der Waals surface area contributed by atoms with Crippen LogP contribution in [-0.2, 0) is 0 Å². The molecule has 1 aromatic rings. The van der Waals surface area contributed by atoms with Crippen LogP contribution in [0.25, 0.3) is 0 Å². The van der Waals surface area contributed by atoms with E-state index < -0.39 is 0 Å². The minimum Gasteiger partial charge on any atom is -0.370 e. The van der Waals surface area contributed by atoms with E-state index in [9.17, 15) is 0 Å². The molecule has 1 aromatic heterocycles. The summed E-state index contributed by atoms with van der Waals surface area (Å²) in [4.78, 5) is 0. The van der Waals surface area contributed by atoms with Crippen molar-refractivity contribution in [1.29, 1.82) is 0 Å². The van der Waals surface area contributed by atoms with Crippen LogP contribution in [0.4, 0.5) is 5.00 Å². The maximum Gasteiger partial charge on any atom is 0.130 e. The summed E-state index contributed by atoms with van der Waals surface area (Å²) < 4.78 is 3.80. The van der Waals surface area contributed by atoms with Gasteiger partial charge in [-0.3, -0.25) is 0 Å². The zero-order chi connectivity index (χ0) is 8.23. The fraction of sp³-hybridized carbons (Fsp3) is 0.714. The van der Waals surface area contributed by atoms with Crippen LogP contribution in [0.2, 0.25) is 0 Å². The molecule has 1 aliphatic heterocycles. The molecular weight excluding hydrogens is 172 g/mol. The Morgan fingerprint density at radius 3 is 3.33 bits per heavy atom. The molecule has 0 aromatic carbocycles. The zero-order valence-electron chi connectivity index (χ0n) is 6.79. The molecule has 2 rings (SSSR count). The Morgan fingerprint density at radius 2 is 2.67 bits per heavy atom. The van der Waals surface area contributed by atoms with Gasteiger partial charge in [0.05, 0.1) is 6.20 Å². The van der Waals surface area contributed by atoms with Crippen LogP contribution in [0.1, 0.15) is 12.8 Å². The van der Waals surface area contributed by atoms with Crippen LogP contribution in [-0.4, -0.2) is 28.7 Å². The molecule has 1 saturated heterocycles. The van der Waals surface area contributed by atoms with Crippen LogP contribution in [0, 0.1) is 0 Å². The van der Waals surface area contributed by atoms with Crippen molar-refractivity contribution in [3.8, 4) is 0 Å². The topological polar surface area (TPSA) is 49.8 Å². The van der Waals surface area contributed by atoms with E-state index in [1.165, 1.54) is 24.4 Å². The maximum atomic E-state index is 3.80. The van der Waals surface area contributed by atoms with Crippen molar-refractivity contribution in [2.75, 3.05) is 18.4 Å². The molecule has 1 unspecified atom stereocenters. The van der Waals surface area contributed by atoms with Crippen molar-refractivity contribution >= 4 is 16.5 Å². The van der Waals surface area contributed by atoms with E-state index in [0.717, 1.165) is 18.1 Å². The van der Waals surface area contributed by atoms with Crippen molar-refractivity contribution < 1.29 is 0 Å². The number of piperidine rings is 1. The van der Waals surface area contributed by atoms with Gasteiger partial charge >= 0.3 is 0 Å². The smallest absolute Gasteiger partial charge is 0.130 e. The summed E-state index contributed by atoms with van der Waals surface area (Å²) in [6.07, 6.45) is 4.27. The lowest BCUT2D eigenvalue weighted by Crippen LogP contribution is -2.38. The van der Waals surface area contributed by atoms with Crippen molar-refractivity contribution in [2.24, 2.45) is 0 Å². The van der Waals surface area contributed by atoms with Gasteiger partial charge in [-0.15, -0.1) is 5.10 Å². The van der Waals surface area contributed by atoms with E-state index in [-0.39, 0.29) is 0 Å². The highest BCUT2D eigenvalue weighted by Gasteiger charge is 2.12. The zero-order valence-corrected chi connectivity index (χ0v) is 7.60. The summed E-state index contributed by atoms with van der Waals surface area (Å²) in [5, 5.41) is 11.6. The van der Waals surface area contributed by atoms with Crippen LogP contribution in [0.5, 0.6) is 0 Å². The van der Waals surface area contributed by atoms with Crippen LogP contribution >= 0.6 is 11.5 Å². The fourth-order valence-electron chi connectivity index (χ4n) is 1.41. The minimum absolute atomic E-state index is 0.556. The Hall–Kier alpha value is -0.680. The third-order valence-corrected chi connectivity index (χ3v) is 2.60. The molecule has 2 N–H and O–H groups in total. The molecule has 1 atom stereocenters. The average Bonchev–Trinajstić information content (AvgIpc) is 2.59. The second-order valence-electron chi connectivity index (χ2n) is 2.97. The first-order valence-corrected chi connectivity index (χ1v) is 4.97. The number of hydrogen-bond donors (Lipinski definition) is 2. The predicted octanol–water partition coefficient (Wildman–Crippen LogP) is 0.702. The van der Waals surface area contributed by atoms with Gasteiger partial charge in [0, 0.05) is 24.1 Å². The Morgan fingerprint density at radius 1 is 1.67 bits per heavy atom. The number of anilines is 1. The van der Waals surface area contributed by atoms with Gasteiger partial charge in [0.1, 0.15) is 5.00 Å². The molecule has 0 amide bonds. The molecule has 66 valence electrons. The molecule has 0 aliphatic carbocycles. The molecule has 12 heavy (non-hydrogen) atoms. The molecule has 0 saturated carbocycles. The first-order chi connectivity index (χ1) is 5.95. The lowest BCUT2D eigenvalue weighted by atomic mass is 10.1. The summed E-state index contributed by atoms with van der Waals surface area (Å²) >= 11 is 1.42. The van der Waals surface area contributed by atoms with Gasteiger partial charge in [-0.2, -0.15) is 0 Å².